The number of piperidine rings is 1. The summed E-state index contributed by atoms with van der Waals surface area (Å²) >= 11 is 5.71. The summed E-state index contributed by atoms with van der Waals surface area (Å²) in [5.74, 6) is -0.716. The lowest BCUT2D eigenvalue weighted by atomic mass is 10.0. The molecular formula is C42H48F3N9O5S. The molecule has 1 aromatic heterocycles. The SMILES string of the molecule is CCc1cc(N2C(=S)N(c3cnc(C#N)c(C(F)(F)F)c3)C(=O)C2(C)C)ccc1O[C@H](C)CN1C[C@@H](C)N(CC(=O)Nc2cccc(NC3CCC(=O)NC3=O)c2)[C@@H](C)C1. The molecule has 14 nitrogen and oxygen atoms in total. The third-order valence-electron chi connectivity index (χ3n) is 11.0. The highest BCUT2D eigenvalue weighted by Crippen LogP contribution is 2.40. The molecule has 3 N–H and O–H groups in total. The monoisotopic (exact) mass is 847 g/mol. The topological polar surface area (TPSA) is 163 Å². The first-order chi connectivity index (χ1) is 28.3. The van der Waals surface area contributed by atoms with Crippen LogP contribution in [-0.4, -0.2) is 99.5 Å². The van der Waals surface area contributed by atoms with Crippen LogP contribution in [0.5, 0.6) is 5.75 Å². The number of anilines is 4. The molecule has 3 saturated heterocycles. The highest BCUT2D eigenvalue weighted by atomic mass is 32.1. The molecule has 2 aromatic carbocycles. The van der Waals surface area contributed by atoms with Crippen LogP contribution in [0, 0.1) is 11.3 Å². The van der Waals surface area contributed by atoms with Crippen molar-refractivity contribution >= 4 is 63.7 Å². The van der Waals surface area contributed by atoms with Gasteiger partial charge in [-0.2, -0.15) is 18.4 Å². The van der Waals surface area contributed by atoms with Crippen LogP contribution in [0.25, 0.3) is 0 Å². The molecule has 3 fully saturated rings. The fourth-order valence-electron chi connectivity index (χ4n) is 8.06. The molecule has 1 unspecified atom stereocenters. The van der Waals surface area contributed by atoms with Gasteiger partial charge in [0.25, 0.3) is 5.91 Å². The van der Waals surface area contributed by atoms with Crippen molar-refractivity contribution in [1.82, 2.24) is 20.1 Å². The number of pyridine rings is 1. The maximum atomic E-state index is 13.8. The molecule has 60 heavy (non-hydrogen) atoms. The summed E-state index contributed by atoms with van der Waals surface area (Å²) in [5.41, 5.74) is -0.844. The molecule has 6 rings (SSSR count). The Bertz CT molecular complexity index is 2220. The number of alkyl halides is 3. The number of rotatable bonds is 12. The van der Waals surface area contributed by atoms with Crippen LogP contribution in [0.1, 0.15) is 71.2 Å². The van der Waals surface area contributed by atoms with Gasteiger partial charge in [0, 0.05) is 55.2 Å². The Morgan fingerprint density at radius 2 is 1.78 bits per heavy atom. The van der Waals surface area contributed by atoms with Crippen LogP contribution in [-0.2, 0) is 31.8 Å². The van der Waals surface area contributed by atoms with Crippen molar-refractivity contribution in [3.63, 3.8) is 0 Å². The number of nitrogens with one attached hydrogen (secondary N) is 3. The van der Waals surface area contributed by atoms with Gasteiger partial charge in [0.2, 0.25) is 17.7 Å². The van der Waals surface area contributed by atoms with Gasteiger partial charge in [-0.25, -0.2) is 4.98 Å². The maximum absolute atomic E-state index is 13.8. The Kier molecular flexibility index (Phi) is 12.8. The zero-order valence-corrected chi connectivity index (χ0v) is 35.0. The zero-order chi connectivity index (χ0) is 43.7. The lowest BCUT2D eigenvalue weighted by Gasteiger charge is -2.44. The number of hydrogen-bond acceptors (Lipinski definition) is 11. The zero-order valence-electron chi connectivity index (χ0n) is 34.2. The molecule has 4 amide bonds. The van der Waals surface area contributed by atoms with Gasteiger partial charge >= 0.3 is 6.18 Å². The predicted molar refractivity (Wildman–Crippen MR) is 223 cm³/mol. The lowest BCUT2D eigenvalue weighted by molar-refractivity contribution is -0.138. The molecule has 0 saturated carbocycles. The van der Waals surface area contributed by atoms with E-state index in [0.29, 0.717) is 55.3 Å². The van der Waals surface area contributed by atoms with Gasteiger partial charge in [0.1, 0.15) is 29.5 Å². The molecule has 4 heterocycles. The van der Waals surface area contributed by atoms with E-state index in [1.807, 2.05) is 26.0 Å². The van der Waals surface area contributed by atoms with E-state index >= 15 is 0 Å². The summed E-state index contributed by atoms with van der Waals surface area (Å²) in [7, 11) is 0. The van der Waals surface area contributed by atoms with Crippen molar-refractivity contribution < 1.29 is 37.1 Å². The minimum atomic E-state index is -4.86. The average Bonchev–Trinajstić information content (AvgIpc) is 3.35. The van der Waals surface area contributed by atoms with Gasteiger partial charge < -0.3 is 20.3 Å². The van der Waals surface area contributed by atoms with Crippen molar-refractivity contribution in [2.45, 2.75) is 96.7 Å². The van der Waals surface area contributed by atoms with E-state index in [4.69, 9.17) is 17.0 Å². The third kappa shape index (κ3) is 9.38. The van der Waals surface area contributed by atoms with Crippen LogP contribution < -0.4 is 30.5 Å². The molecule has 3 aliphatic heterocycles. The summed E-state index contributed by atoms with van der Waals surface area (Å²) in [4.78, 5) is 61.4. The summed E-state index contributed by atoms with van der Waals surface area (Å²) in [5, 5.41) is 17.6. The number of carbonyl (C=O) groups excluding carboxylic acids is 4. The van der Waals surface area contributed by atoms with Crippen LogP contribution >= 0.6 is 12.2 Å². The summed E-state index contributed by atoms with van der Waals surface area (Å²) in [6.45, 7) is 13.6. The van der Waals surface area contributed by atoms with Gasteiger partial charge in [-0.3, -0.25) is 39.2 Å². The van der Waals surface area contributed by atoms with Gasteiger partial charge in [0.05, 0.1) is 24.0 Å². The quantitative estimate of drug-likeness (QED) is 0.156. The van der Waals surface area contributed by atoms with Gasteiger partial charge in [-0.05, 0) is 108 Å². The number of nitriles is 1. The van der Waals surface area contributed by atoms with Crippen molar-refractivity contribution in [2.75, 3.05) is 46.6 Å². The smallest absolute Gasteiger partial charge is 0.419 e. The second-order valence-electron chi connectivity index (χ2n) is 16.0. The molecule has 3 aliphatic rings. The number of halogens is 3. The number of piperazine rings is 1. The average molecular weight is 848 g/mol. The number of aromatic nitrogens is 1. The molecule has 0 bridgehead atoms. The number of aryl methyl sites for hydroxylation is 1. The number of benzene rings is 2. The first-order valence-electron chi connectivity index (χ1n) is 19.7. The molecular weight excluding hydrogens is 800 g/mol. The van der Waals surface area contributed by atoms with Crippen LogP contribution in [0.2, 0.25) is 0 Å². The number of hydrogen-bond donors (Lipinski definition) is 3. The largest absolute Gasteiger partial charge is 0.489 e. The van der Waals surface area contributed by atoms with Crippen LogP contribution in [0.3, 0.4) is 0 Å². The minimum absolute atomic E-state index is 0.0258. The van der Waals surface area contributed by atoms with E-state index in [1.165, 1.54) is 6.07 Å². The molecule has 4 atom stereocenters. The Hall–Kier alpha value is -5.64. The van der Waals surface area contributed by atoms with Crippen molar-refractivity contribution in [3.05, 3.63) is 71.5 Å². The maximum Gasteiger partial charge on any atom is 0.419 e. The fraction of sp³-hybridized carbons (Fsp3) is 0.452. The van der Waals surface area contributed by atoms with Crippen LogP contribution in [0.4, 0.5) is 35.9 Å². The highest BCUT2D eigenvalue weighted by Gasteiger charge is 2.51. The van der Waals surface area contributed by atoms with Crippen molar-refractivity contribution in [3.8, 4) is 11.8 Å². The number of imide groups is 1. The minimum Gasteiger partial charge on any atom is -0.489 e. The van der Waals surface area contributed by atoms with Crippen molar-refractivity contribution in [1.29, 1.82) is 5.26 Å². The number of amides is 4. The van der Waals surface area contributed by atoms with E-state index in [1.54, 1.807) is 49.1 Å². The van der Waals surface area contributed by atoms with E-state index in [9.17, 15) is 37.6 Å². The van der Waals surface area contributed by atoms with Crippen LogP contribution in [0.15, 0.2) is 54.7 Å². The molecule has 18 heteroatoms. The molecule has 0 radical (unpaired) electrons. The van der Waals surface area contributed by atoms with E-state index in [2.05, 4.69) is 44.6 Å². The second-order valence-corrected chi connectivity index (χ2v) is 16.3. The summed E-state index contributed by atoms with van der Waals surface area (Å²) < 4.78 is 47.8. The first kappa shape index (κ1) is 43.9. The molecule has 318 valence electrons. The Morgan fingerprint density at radius 1 is 1.08 bits per heavy atom. The molecule has 0 aliphatic carbocycles. The van der Waals surface area contributed by atoms with Gasteiger partial charge in [0.15, 0.2) is 10.8 Å². The summed E-state index contributed by atoms with van der Waals surface area (Å²) in [6.07, 6.45) is -2.81. The molecule has 3 aromatic rings. The van der Waals surface area contributed by atoms with E-state index < -0.39 is 34.9 Å². The predicted octanol–water partition coefficient (Wildman–Crippen LogP) is 5.47. The molecule has 0 spiro atoms. The number of nitrogens with zero attached hydrogens (tertiary/aromatic N) is 6. The Balaban J connectivity index is 1.05. The Morgan fingerprint density at radius 3 is 2.43 bits per heavy atom. The first-order valence-corrected chi connectivity index (χ1v) is 20.1. The number of ether oxygens (including phenoxy) is 1. The van der Waals surface area contributed by atoms with Gasteiger partial charge in [-0.1, -0.05) is 13.0 Å². The Labute approximate surface area is 352 Å². The fourth-order valence-corrected chi connectivity index (χ4v) is 8.59. The number of carbonyl (C=O) groups is 4. The number of thiocarbonyl (C=S) groups is 1. The lowest BCUT2D eigenvalue weighted by Crippen LogP contribution is -2.59. The normalized spacial score (nSPS) is 21.7. The standard InChI is InChI=1S/C42H48F3N9O5S/c1-7-27-15-30(54-40(60)53(39(58)41(54,5)6)31-17-32(42(43,44)45)34(18-46)47-19-31)11-13-35(27)59-26(4)22-51-20-24(2)52(25(3)21-51)23-37(56)49-29-10-8-9-28(16-29)48-33-12-14-36(55)50-38(33)57/h8-11,13,15-17,19,24-26,33,48H,7,12,14,20-23H2,1-6H3,(H,49,56)(H,50,55,57)/t24-,25+,26-,33?/m1/s1. The van der Waals surface area contributed by atoms with E-state index in [0.717, 1.165) is 22.7 Å². The second kappa shape index (κ2) is 17.5. The highest BCUT2D eigenvalue weighted by molar-refractivity contribution is 7.81. The van der Waals surface area contributed by atoms with Gasteiger partial charge in [-0.15, -0.1) is 0 Å². The summed E-state index contributed by atoms with van der Waals surface area (Å²) in [6, 6.07) is 14.3. The van der Waals surface area contributed by atoms with Crippen molar-refractivity contribution in [2.24, 2.45) is 0 Å². The van der Waals surface area contributed by atoms with E-state index in [-0.39, 0.29) is 59.7 Å². The third-order valence-corrected chi connectivity index (χ3v) is 11.3.